The van der Waals surface area contributed by atoms with E-state index in [1.54, 1.807) is 37.3 Å². The Hall–Kier alpha value is -5.16. The zero-order valence-electron chi connectivity index (χ0n) is 27.1. The Balaban J connectivity index is 1.48. The summed E-state index contributed by atoms with van der Waals surface area (Å²) in [5, 5.41) is 16.5. The monoisotopic (exact) mass is 664 g/mol. The van der Waals surface area contributed by atoms with Crippen molar-refractivity contribution < 1.29 is 32.0 Å². The van der Waals surface area contributed by atoms with Crippen molar-refractivity contribution in [1.29, 1.82) is 5.26 Å². The number of halogens is 3. The molecule has 252 valence electrons. The maximum Gasteiger partial charge on any atom is 0.416 e. The maximum atomic E-state index is 14.0. The number of rotatable bonds is 8. The van der Waals surface area contributed by atoms with E-state index in [1.807, 2.05) is 27.2 Å². The van der Waals surface area contributed by atoms with Crippen molar-refractivity contribution >= 4 is 12.0 Å². The number of carbonyl (C=O) groups excluding carboxylic acids is 2. The molecule has 4 aromatic rings. The van der Waals surface area contributed by atoms with E-state index in [1.165, 1.54) is 23.0 Å². The number of quaternary nitrogens is 1. The summed E-state index contributed by atoms with van der Waals surface area (Å²) in [5.74, 6) is -0.563. The van der Waals surface area contributed by atoms with Gasteiger partial charge in [0.1, 0.15) is 18.8 Å². The highest BCUT2D eigenvalue weighted by Gasteiger charge is 2.33. The number of ether oxygens (including phenoxy) is 1. The summed E-state index contributed by atoms with van der Waals surface area (Å²) in [6.07, 6.45) is -1.25. The Bertz CT molecular complexity index is 1900. The second-order valence-corrected chi connectivity index (χ2v) is 12.9. The largest absolute Gasteiger partial charge is 0.459 e. The summed E-state index contributed by atoms with van der Waals surface area (Å²) in [4.78, 5) is 40.6. The number of nitrogens with zero attached hydrogens (tertiary/aromatic N) is 6. The molecule has 0 atom stereocenters. The highest BCUT2D eigenvalue weighted by atomic mass is 19.4. The number of likely N-dealkylation sites (N-methyl/N-ethyl adjacent to an activating group) is 1. The lowest BCUT2D eigenvalue weighted by Gasteiger charge is -2.28. The van der Waals surface area contributed by atoms with Crippen molar-refractivity contribution in [2.45, 2.75) is 44.8 Å². The SMILES string of the molecule is Cc1c(-c2ccnn2-c2ccc(C#N)cc2)n(C(=O)N[C@H]2CC[C@H](C(=O)OCC[N+](C)(C)C)CC2)c(=O)n1-c1cccc(C(F)(F)F)c1. The van der Waals surface area contributed by atoms with Crippen LogP contribution in [-0.2, 0) is 15.7 Å². The molecule has 1 saturated carbocycles. The predicted molar refractivity (Wildman–Crippen MR) is 171 cm³/mol. The Morgan fingerprint density at radius 1 is 1.04 bits per heavy atom. The molecule has 0 unspecified atom stereocenters. The summed E-state index contributed by atoms with van der Waals surface area (Å²) >= 11 is 0. The molecule has 1 aliphatic carbocycles. The van der Waals surface area contributed by atoms with E-state index in [0.29, 0.717) is 60.3 Å². The number of carbonyl (C=O) groups is 2. The number of hydrogen-bond donors (Lipinski definition) is 1. The number of esters is 1. The van der Waals surface area contributed by atoms with Gasteiger partial charge in [0.05, 0.1) is 73.2 Å². The molecule has 0 bridgehead atoms. The minimum absolute atomic E-state index is 0.0613. The normalized spacial score (nSPS) is 16.7. The van der Waals surface area contributed by atoms with E-state index in [2.05, 4.69) is 10.4 Å². The van der Waals surface area contributed by atoms with Gasteiger partial charge in [0.25, 0.3) is 0 Å². The molecule has 0 radical (unpaired) electrons. The molecule has 11 nitrogen and oxygen atoms in total. The fourth-order valence-electron chi connectivity index (χ4n) is 5.84. The van der Waals surface area contributed by atoms with Gasteiger partial charge in [0.2, 0.25) is 0 Å². The number of amides is 1. The van der Waals surface area contributed by atoms with Gasteiger partial charge in [-0.15, -0.1) is 0 Å². The van der Waals surface area contributed by atoms with Crippen LogP contribution >= 0.6 is 0 Å². The Morgan fingerprint density at radius 2 is 1.73 bits per heavy atom. The lowest BCUT2D eigenvalue weighted by molar-refractivity contribution is -0.870. The average Bonchev–Trinajstić information content (AvgIpc) is 3.62. The smallest absolute Gasteiger partial charge is 0.416 e. The van der Waals surface area contributed by atoms with E-state index < -0.39 is 23.5 Å². The first-order valence-electron chi connectivity index (χ1n) is 15.5. The third-order valence-corrected chi connectivity index (χ3v) is 8.44. The van der Waals surface area contributed by atoms with Crippen LogP contribution in [0.15, 0.2) is 65.6 Å². The van der Waals surface area contributed by atoms with Gasteiger partial charge in [0, 0.05) is 6.04 Å². The first kappa shape index (κ1) is 34.2. The molecule has 0 aliphatic heterocycles. The van der Waals surface area contributed by atoms with Gasteiger partial charge < -0.3 is 14.5 Å². The standard InChI is InChI=1S/C34H36F3N7O4/c1-22-30(29-16-17-39-43(29)27-14-8-23(21-38)9-15-27)42(33(47)41(22)28-7-5-6-25(20-28)34(35,36)37)32(46)40-26-12-10-24(11-13-26)31(45)48-19-18-44(2,3)4/h5-9,14-17,20,24,26H,10-13,18-19H2,1-4H3/p+1/t24-,26-. The Kier molecular flexibility index (Phi) is 9.63. The number of benzene rings is 2. The fraction of sp³-hybridized carbons (Fsp3) is 0.382. The van der Waals surface area contributed by atoms with Crippen LogP contribution in [0.25, 0.3) is 22.8 Å². The molecule has 1 fully saturated rings. The lowest BCUT2D eigenvalue weighted by Crippen LogP contribution is -2.44. The molecule has 0 saturated heterocycles. The predicted octanol–water partition coefficient (Wildman–Crippen LogP) is 5.06. The van der Waals surface area contributed by atoms with Crippen LogP contribution in [0.2, 0.25) is 0 Å². The number of nitriles is 1. The molecule has 2 heterocycles. The molecule has 14 heteroatoms. The first-order valence-corrected chi connectivity index (χ1v) is 15.5. The molecule has 1 aliphatic rings. The summed E-state index contributed by atoms with van der Waals surface area (Å²) in [5.41, 5.74) is -0.239. The molecule has 1 N–H and O–H groups in total. The molecule has 5 rings (SSSR count). The van der Waals surface area contributed by atoms with Crippen molar-refractivity contribution in [3.8, 4) is 28.8 Å². The van der Waals surface area contributed by atoms with Crippen LogP contribution in [-0.4, -0.2) is 75.7 Å². The van der Waals surface area contributed by atoms with E-state index in [9.17, 15) is 32.8 Å². The van der Waals surface area contributed by atoms with Crippen LogP contribution in [0.3, 0.4) is 0 Å². The summed E-state index contributed by atoms with van der Waals surface area (Å²) in [7, 11) is 6.03. The highest BCUT2D eigenvalue weighted by molar-refractivity contribution is 5.83. The zero-order chi connectivity index (χ0) is 34.8. The van der Waals surface area contributed by atoms with Crippen LogP contribution in [0.1, 0.15) is 42.5 Å². The fourth-order valence-corrected chi connectivity index (χ4v) is 5.84. The van der Waals surface area contributed by atoms with E-state index in [0.717, 1.165) is 21.3 Å². The second-order valence-electron chi connectivity index (χ2n) is 12.9. The maximum absolute atomic E-state index is 14.0. The minimum atomic E-state index is -4.65. The lowest BCUT2D eigenvalue weighted by atomic mass is 9.86. The van der Waals surface area contributed by atoms with E-state index in [-0.39, 0.29) is 35.0 Å². The number of nitrogens with one attached hydrogen (secondary N) is 1. The number of hydrogen-bond acceptors (Lipinski definition) is 6. The first-order chi connectivity index (χ1) is 22.7. The Morgan fingerprint density at radius 3 is 2.35 bits per heavy atom. The molecule has 2 aromatic heterocycles. The van der Waals surface area contributed by atoms with Gasteiger partial charge in [-0.05, 0) is 81.1 Å². The van der Waals surface area contributed by atoms with Crippen LogP contribution in [0.5, 0.6) is 0 Å². The van der Waals surface area contributed by atoms with Crippen molar-refractivity contribution in [2.24, 2.45) is 5.92 Å². The number of aromatic nitrogens is 4. The minimum Gasteiger partial charge on any atom is -0.459 e. The highest BCUT2D eigenvalue weighted by Crippen LogP contribution is 2.32. The molecule has 1 amide bonds. The summed E-state index contributed by atoms with van der Waals surface area (Å²) in [6.45, 7) is 2.54. The zero-order valence-corrected chi connectivity index (χ0v) is 27.1. The van der Waals surface area contributed by atoms with Crippen LogP contribution < -0.4 is 11.0 Å². The third kappa shape index (κ3) is 7.36. The molecule has 2 aromatic carbocycles. The van der Waals surface area contributed by atoms with Crippen LogP contribution in [0, 0.1) is 24.2 Å². The van der Waals surface area contributed by atoms with Gasteiger partial charge in [-0.25, -0.2) is 18.8 Å². The van der Waals surface area contributed by atoms with Crippen LogP contribution in [0.4, 0.5) is 18.0 Å². The molecule has 48 heavy (non-hydrogen) atoms. The third-order valence-electron chi connectivity index (χ3n) is 8.44. The van der Waals surface area contributed by atoms with Gasteiger partial charge in [-0.3, -0.25) is 9.36 Å². The molecular formula is C34H37F3N7O4+. The Labute approximate surface area is 275 Å². The summed E-state index contributed by atoms with van der Waals surface area (Å²) in [6, 6.07) is 13.4. The molecular weight excluding hydrogens is 627 g/mol. The van der Waals surface area contributed by atoms with Gasteiger partial charge in [-0.1, -0.05) is 6.07 Å². The molecule has 0 spiro atoms. The topological polar surface area (TPSA) is 124 Å². The van der Waals surface area contributed by atoms with Crippen molar-refractivity contribution in [1.82, 2.24) is 24.2 Å². The average molecular weight is 665 g/mol. The van der Waals surface area contributed by atoms with Gasteiger partial charge in [0.15, 0.2) is 0 Å². The van der Waals surface area contributed by atoms with Crippen molar-refractivity contribution in [2.75, 3.05) is 34.3 Å². The van der Waals surface area contributed by atoms with Gasteiger partial charge in [-0.2, -0.15) is 23.5 Å². The van der Waals surface area contributed by atoms with Crippen molar-refractivity contribution in [3.63, 3.8) is 0 Å². The summed E-state index contributed by atoms with van der Waals surface area (Å²) < 4.78 is 50.5. The van der Waals surface area contributed by atoms with Crippen molar-refractivity contribution in [3.05, 3.63) is 88.1 Å². The van der Waals surface area contributed by atoms with Gasteiger partial charge >= 0.3 is 23.9 Å². The number of alkyl halides is 3. The quantitative estimate of drug-likeness (QED) is 0.208. The second kappa shape index (κ2) is 13.5. The van der Waals surface area contributed by atoms with E-state index in [4.69, 9.17) is 4.74 Å². The number of imidazole rings is 1. The van der Waals surface area contributed by atoms with E-state index >= 15 is 0 Å².